The van der Waals surface area contributed by atoms with Crippen LogP contribution in [0.3, 0.4) is 0 Å². The Labute approximate surface area is 135 Å². The molecule has 0 aromatic carbocycles. The van der Waals surface area contributed by atoms with Gasteiger partial charge in [-0.2, -0.15) is 0 Å². The lowest BCUT2D eigenvalue weighted by atomic mass is 9.97. The minimum absolute atomic E-state index is 0.0434. The minimum Gasteiger partial charge on any atom is -0.376 e. The van der Waals surface area contributed by atoms with Gasteiger partial charge in [-0.15, -0.1) is 11.3 Å². The van der Waals surface area contributed by atoms with Gasteiger partial charge in [0.25, 0.3) is 0 Å². The van der Waals surface area contributed by atoms with Gasteiger partial charge in [0.15, 0.2) is 0 Å². The summed E-state index contributed by atoms with van der Waals surface area (Å²) in [7, 11) is 1.88. The molecular weight excluding hydrogens is 300 g/mol. The number of hydrogen-bond donors (Lipinski definition) is 0. The van der Waals surface area contributed by atoms with Crippen LogP contribution >= 0.6 is 11.3 Å². The first kappa shape index (κ1) is 15.9. The van der Waals surface area contributed by atoms with Gasteiger partial charge in [0.05, 0.1) is 34.3 Å². The summed E-state index contributed by atoms with van der Waals surface area (Å²) in [6.07, 6.45) is 5.45. The Balaban J connectivity index is 1.54. The molecule has 0 bridgehead atoms. The van der Waals surface area contributed by atoms with E-state index in [-0.39, 0.29) is 24.7 Å². The second-order valence-electron chi connectivity index (χ2n) is 6.11. The first-order valence-corrected chi connectivity index (χ1v) is 8.88. The van der Waals surface area contributed by atoms with Gasteiger partial charge in [-0.1, -0.05) is 0 Å². The first-order valence-electron chi connectivity index (χ1n) is 8.06. The number of aromatic nitrogens is 1. The van der Waals surface area contributed by atoms with Crippen LogP contribution in [0.2, 0.25) is 0 Å². The summed E-state index contributed by atoms with van der Waals surface area (Å²) in [5.74, 6) is 0.0434. The number of likely N-dealkylation sites (N-methyl/N-ethyl adjacent to an activating group) is 1. The number of amides is 1. The number of carbonyl (C=O) groups excluding carboxylic acids is 1. The van der Waals surface area contributed by atoms with E-state index in [1.165, 1.54) is 10.6 Å². The molecule has 122 valence electrons. The number of fused-ring (bicyclic) bond motifs is 1. The summed E-state index contributed by atoms with van der Waals surface area (Å²) in [4.78, 5) is 20.1. The molecule has 1 aliphatic carbocycles. The summed E-state index contributed by atoms with van der Waals surface area (Å²) in [6, 6.07) is 0.161. The van der Waals surface area contributed by atoms with Gasteiger partial charge in [0, 0.05) is 13.7 Å². The molecule has 2 aliphatic rings. The molecule has 0 spiro atoms. The number of nitrogens with zero attached hydrogens (tertiary/aromatic N) is 2. The molecule has 22 heavy (non-hydrogen) atoms. The van der Waals surface area contributed by atoms with E-state index in [1.54, 1.807) is 11.3 Å². The highest BCUT2D eigenvalue weighted by atomic mass is 32.1. The zero-order valence-electron chi connectivity index (χ0n) is 13.3. The van der Waals surface area contributed by atoms with Crippen LogP contribution < -0.4 is 0 Å². The van der Waals surface area contributed by atoms with E-state index in [1.807, 2.05) is 18.9 Å². The number of ether oxygens (including phenoxy) is 2. The number of rotatable bonds is 5. The highest BCUT2D eigenvalue weighted by Crippen LogP contribution is 2.37. The summed E-state index contributed by atoms with van der Waals surface area (Å²) in [5, 5.41) is 1.09. The van der Waals surface area contributed by atoms with Crippen LogP contribution in [0, 0.1) is 6.92 Å². The topological polar surface area (TPSA) is 51.7 Å². The minimum atomic E-state index is 0.0434. The molecule has 2 atom stereocenters. The van der Waals surface area contributed by atoms with Crippen molar-refractivity contribution in [2.45, 2.75) is 51.2 Å². The molecule has 1 aromatic rings. The highest BCUT2D eigenvalue weighted by molar-refractivity contribution is 7.11. The van der Waals surface area contributed by atoms with Crippen molar-refractivity contribution in [1.29, 1.82) is 0 Å². The molecule has 3 rings (SSSR count). The van der Waals surface area contributed by atoms with Crippen LogP contribution in [0.25, 0.3) is 0 Å². The van der Waals surface area contributed by atoms with E-state index in [2.05, 4.69) is 4.98 Å². The van der Waals surface area contributed by atoms with Crippen molar-refractivity contribution in [2.75, 3.05) is 26.9 Å². The lowest BCUT2D eigenvalue weighted by molar-refractivity contribution is -0.138. The normalized spacial score (nSPS) is 24.3. The molecule has 0 saturated carbocycles. The largest absolute Gasteiger partial charge is 0.376 e. The predicted molar refractivity (Wildman–Crippen MR) is 85.1 cm³/mol. The van der Waals surface area contributed by atoms with Crippen LogP contribution in [0.4, 0.5) is 0 Å². The maximum Gasteiger partial charge on any atom is 0.248 e. The molecular formula is C16H24N2O3S. The zero-order chi connectivity index (χ0) is 15.5. The average Bonchev–Trinajstić information content (AvgIpc) is 3.14. The Morgan fingerprint density at radius 2 is 2.32 bits per heavy atom. The summed E-state index contributed by atoms with van der Waals surface area (Å²) in [5.41, 5.74) is 1.18. The number of carbonyl (C=O) groups is 1. The zero-order valence-corrected chi connectivity index (χ0v) is 14.2. The fraction of sp³-hybridized carbons (Fsp3) is 0.750. The van der Waals surface area contributed by atoms with Crippen LogP contribution in [0.1, 0.15) is 47.3 Å². The molecule has 2 heterocycles. The third kappa shape index (κ3) is 3.50. The van der Waals surface area contributed by atoms with Crippen LogP contribution in [-0.4, -0.2) is 48.8 Å². The molecule has 0 unspecified atom stereocenters. The monoisotopic (exact) mass is 324 g/mol. The van der Waals surface area contributed by atoms with Crippen LogP contribution in [0.15, 0.2) is 0 Å². The molecule has 1 aliphatic heterocycles. The molecule has 6 heteroatoms. The van der Waals surface area contributed by atoms with Crippen molar-refractivity contribution in [3.05, 3.63) is 15.6 Å². The smallest absolute Gasteiger partial charge is 0.248 e. The third-order valence-electron chi connectivity index (χ3n) is 4.44. The molecule has 0 radical (unpaired) electrons. The predicted octanol–water partition coefficient (Wildman–Crippen LogP) is 2.48. The van der Waals surface area contributed by atoms with Crippen molar-refractivity contribution in [3.8, 4) is 0 Å². The number of hydrogen-bond acceptors (Lipinski definition) is 5. The van der Waals surface area contributed by atoms with Crippen LogP contribution in [-0.2, 0) is 20.7 Å². The van der Waals surface area contributed by atoms with E-state index in [4.69, 9.17) is 9.47 Å². The quantitative estimate of drug-likeness (QED) is 0.835. The molecule has 1 fully saturated rings. The molecule has 1 aromatic heterocycles. The van der Waals surface area contributed by atoms with Gasteiger partial charge in [0.2, 0.25) is 5.91 Å². The van der Waals surface area contributed by atoms with E-state index in [0.29, 0.717) is 6.61 Å². The van der Waals surface area contributed by atoms with E-state index >= 15 is 0 Å². The fourth-order valence-corrected chi connectivity index (χ4v) is 4.37. The standard InChI is InChI=1S/C16H24N2O3S/c1-11-17-13-6-3-7-14(16(13)22-11)18(2)15(19)10-20-9-12-5-4-8-21-12/h12,14H,3-10H2,1-2H3/t12-,14-/m1/s1. The Morgan fingerprint density at radius 3 is 3.09 bits per heavy atom. The summed E-state index contributed by atoms with van der Waals surface area (Å²) in [6.45, 7) is 3.51. The van der Waals surface area contributed by atoms with Crippen molar-refractivity contribution in [2.24, 2.45) is 0 Å². The van der Waals surface area contributed by atoms with Gasteiger partial charge >= 0.3 is 0 Å². The Morgan fingerprint density at radius 1 is 1.45 bits per heavy atom. The maximum absolute atomic E-state index is 12.4. The van der Waals surface area contributed by atoms with E-state index < -0.39 is 0 Å². The second-order valence-corrected chi connectivity index (χ2v) is 7.34. The average molecular weight is 324 g/mol. The molecule has 0 N–H and O–H groups in total. The van der Waals surface area contributed by atoms with E-state index in [9.17, 15) is 4.79 Å². The summed E-state index contributed by atoms with van der Waals surface area (Å²) >= 11 is 1.72. The lowest BCUT2D eigenvalue weighted by Gasteiger charge is -2.30. The number of aryl methyl sites for hydroxylation is 2. The van der Waals surface area contributed by atoms with Gasteiger partial charge in [-0.05, 0) is 39.0 Å². The molecule has 1 saturated heterocycles. The molecule has 5 nitrogen and oxygen atoms in total. The van der Waals surface area contributed by atoms with E-state index in [0.717, 1.165) is 43.7 Å². The first-order chi connectivity index (χ1) is 10.6. The fourth-order valence-electron chi connectivity index (χ4n) is 3.22. The lowest BCUT2D eigenvalue weighted by Crippen LogP contribution is -2.35. The Bertz CT molecular complexity index is 525. The second kappa shape index (κ2) is 7.06. The van der Waals surface area contributed by atoms with Gasteiger partial charge in [0.1, 0.15) is 6.61 Å². The van der Waals surface area contributed by atoms with Gasteiger partial charge in [-0.25, -0.2) is 4.98 Å². The summed E-state index contributed by atoms with van der Waals surface area (Å²) < 4.78 is 11.1. The Kier molecular flexibility index (Phi) is 5.10. The highest BCUT2D eigenvalue weighted by Gasteiger charge is 2.29. The van der Waals surface area contributed by atoms with Crippen molar-refractivity contribution < 1.29 is 14.3 Å². The van der Waals surface area contributed by atoms with Gasteiger partial charge in [-0.3, -0.25) is 4.79 Å². The molecule has 1 amide bonds. The van der Waals surface area contributed by atoms with Crippen molar-refractivity contribution in [3.63, 3.8) is 0 Å². The number of thiazole rings is 1. The Hall–Kier alpha value is -0.980. The van der Waals surface area contributed by atoms with Crippen molar-refractivity contribution in [1.82, 2.24) is 9.88 Å². The maximum atomic E-state index is 12.4. The van der Waals surface area contributed by atoms with Crippen molar-refractivity contribution >= 4 is 17.2 Å². The van der Waals surface area contributed by atoms with Crippen LogP contribution in [0.5, 0.6) is 0 Å². The van der Waals surface area contributed by atoms with Gasteiger partial charge < -0.3 is 14.4 Å². The SMILES string of the molecule is Cc1nc2c(s1)[C@H](N(C)C(=O)COC[C@H]1CCCO1)CCC2. The third-order valence-corrected chi connectivity index (χ3v) is 5.56.